The second-order valence-corrected chi connectivity index (χ2v) is 5.86. The maximum absolute atomic E-state index is 12.3. The van der Waals surface area contributed by atoms with Gasteiger partial charge in [0, 0.05) is 12.2 Å². The van der Waals surface area contributed by atoms with Crippen LogP contribution in [0.1, 0.15) is 19.3 Å². The van der Waals surface area contributed by atoms with Gasteiger partial charge in [-0.3, -0.25) is 24.0 Å². The molecular formula is C14H22N4O9S. The number of nitrogens with one attached hydrogen (secondary N) is 3. The Labute approximate surface area is 164 Å². The number of carboxylic acid groups (broad SMARTS) is 3. The smallest absolute Gasteiger partial charge is 0.327 e. The molecule has 0 aliphatic rings. The highest BCUT2D eigenvalue weighted by Gasteiger charge is 2.30. The van der Waals surface area contributed by atoms with Gasteiger partial charge >= 0.3 is 17.9 Å². The molecule has 0 rings (SSSR count). The molecular weight excluding hydrogens is 400 g/mol. The zero-order chi connectivity index (χ0) is 21.9. The van der Waals surface area contributed by atoms with Crippen molar-refractivity contribution < 1.29 is 44.1 Å². The van der Waals surface area contributed by atoms with E-state index in [2.05, 4.69) is 23.3 Å². The molecule has 3 amide bonds. The van der Waals surface area contributed by atoms with Crippen LogP contribution in [-0.2, 0) is 28.8 Å². The normalized spacial score (nSPS) is 13.5. The molecule has 0 saturated heterocycles. The van der Waals surface area contributed by atoms with Gasteiger partial charge < -0.3 is 37.0 Å². The van der Waals surface area contributed by atoms with E-state index in [0.717, 1.165) is 0 Å². The van der Waals surface area contributed by atoms with Crippen molar-refractivity contribution in [3.8, 4) is 0 Å². The lowest BCUT2D eigenvalue weighted by Crippen LogP contribution is -2.57. The molecule has 158 valence electrons. The topological polar surface area (TPSA) is 225 Å². The van der Waals surface area contributed by atoms with Crippen molar-refractivity contribution in [3.63, 3.8) is 0 Å². The SMILES string of the molecule is NCC(=O)NC(CCC(=O)O)C(=O)NC(CC(=O)O)C(=O)NC(CS)C(=O)O. The van der Waals surface area contributed by atoms with E-state index in [1.165, 1.54) is 0 Å². The van der Waals surface area contributed by atoms with Crippen LogP contribution in [0.2, 0.25) is 0 Å². The Hall–Kier alpha value is -2.87. The van der Waals surface area contributed by atoms with Gasteiger partial charge in [-0.2, -0.15) is 12.6 Å². The molecule has 14 heteroatoms. The summed E-state index contributed by atoms with van der Waals surface area (Å²) < 4.78 is 0. The Morgan fingerprint density at radius 2 is 1.36 bits per heavy atom. The first-order chi connectivity index (χ1) is 13.0. The van der Waals surface area contributed by atoms with E-state index in [9.17, 15) is 28.8 Å². The van der Waals surface area contributed by atoms with Crippen molar-refractivity contribution >= 4 is 48.3 Å². The number of amides is 3. The highest BCUT2D eigenvalue weighted by molar-refractivity contribution is 7.80. The third-order valence-corrected chi connectivity index (χ3v) is 3.66. The molecule has 3 unspecified atom stereocenters. The summed E-state index contributed by atoms with van der Waals surface area (Å²) in [5, 5.41) is 32.8. The summed E-state index contributed by atoms with van der Waals surface area (Å²) in [5.74, 6) is -7.32. The Kier molecular flexibility index (Phi) is 11.2. The highest BCUT2D eigenvalue weighted by Crippen LogP contribution is 2.02. The largest absolute Gasteiger partial charge is 0.481 e. The van der Waals surface area contributed by atoms with E-state index >= 15 is 0 Å². The van der Waals surface area contributed by atoms with Crippen molar-refractivity contribution in [2.75, 3.05) is 12.3 Å². The van der Waals surface area contributed by atoms with Crippen molar-refractivity contribution in [1.29, 1.82) is 0 Å². The molecule has 28 heavy (non-hydrogen) atoms. The molecule has 8 N–H and O–H groups in total. The summed E-state index contributed by atoms with van der Waals surface area (Å²) in [7, 11) is 0. The van der Waals surface area contributed by atoms with Crippen LogP contribution in [0.15, 0.2) is 0 Å². The molecule has 0 fully saturated rings. The standard InChI is InChI=1S/C14H22N4O9S/c15-4-9(19)16-6(1-2-10(20)21)12(24)17-7(3-11(22)23)13(25)18-8(5-28)14(26)27/h6-8,28H,1-5,15H2,(H,16,19)(H,17,24)(H,18,25)(H,20,21)(H,22,23)(H,26,27). The predicted octanol–water partition coefficient (Wildman–Crippen LogP) is -3.25. The number of aliphatic carboxylic acids is 3. The number of nitrogens with two attached hydrogens (primary N) is 1. The minimum atomic E-state index is -1.67. The second-order valence-electron chi connectivity index (χ2n) is 5.50. The third kappa shape index (κ3) is 9.72. The van der Waals surface area contributed by atoms with Gasteiger partial charge in [-0.25, -0.2) is 4.79 Å². The summed E-state index contributed by atoms with van der Waals surface area (Å²) in [5.41, 5.74) is 5.13. The van der Waals surface area contributed by atoms with Crippen molar-refractivity contribution in [3.05, 3.63) is 0 Å². The molecule has 0 aromatic carbocycles. The molecule has 0 heterocycles. The summed E-state index contributed by atoms with van der Waals surface area (Å²) in [6.07, 6.45) is -1.73. The van der Waals surface area contributed by atoms with Crippen molar-refractivity contribution in [2.24, 2.45) is 5.73 Å². The van der Waals surface area contributed by atoms with E-state index in [0.29, 0.717) is 0 Å². The number of hydrogen-bond acceptors (Lipinski definition) is 8. The highest BCUT2D eigenvalue weighted by atomic mass is 32.1. The molecule has 13 nitrogen and oxygen atoms in total. The quantitative estimate of drug-likeness (QED) is 0.138. The van der Waals surface area contributed by atoms with E-state index in [1.54, 1.807) is 0 Å². The molecule has 0 aromatic rings. The van der Waals surface area contributed by atoms with Gasteiger partial charge in [0.15, 0.2) is 0 Å². The number of thiol groups is 1. The summed E-state index contributed by atoms with van der Waals surface area (Å²) in [6.45, 7) is -0.488. The Morgan fingerprint density at radius 1 is 0.821 bits per heavy atom. The second kappa shape index (κ2) is 12.5. The number of carbonyl (C=O) groups excluding carboxylic acids is 3. The van der Waals surface area contributed by atoms with Crippen LogP contribution in [0.3, 0.4) is 0 Å². The average Bonchev–Trinajstić information content (AvgIpc) is 2.60. The fourth-order valence-corrected chi connectivity index (χ4v) is 2.15. The molecule has 0 aromatic heterocycles. The Balaban J connectivity index is 5.32. The van der Waals surface area contributed by atoms with Gasteiger partial charge in [0.25, 0.3) is 0 Å². The maximum atomic E-state index is 12.3. The minimum absolute atomic E-state index is 0.289. The number of rotatable bonds is 13. The van der Waals surface area contributed by atoms with Gasteiger partial charge in [0.1, 0.15) is 18.1 Å². The molecule has 0 saturated carbocycles. The van der Waals surface area contributed by atoms with Crippen LogP contribution < -0.4 is 21.7 Å². The molecule has 0 aliphatic carbocycles. The van der Waals surface area contributed by atoms with Crippen molar-refractivity contribution in [1.82, 2.24) is 16.0 Å². The lowest BCUT2D eigenvalue weighted by Gasteiger charge is -2.23. The minimum Gasteiger partial charge on any atom is -0.481 e. The number of carbonyl (C=O) groups is 6. The van der Waals surface area contributed by atoms with Crippen LogP contribution in [0.25, 0.3) is 0 Å². The molecule has 3 atom stereocenters. The zero-order valence-electron chi connectivity index (χ0n) is 14.6. The summed E-state index contributed by atoms with van der Waals surface area (Å²) in [6, 6.07) is -4.49. The Bertz CT molecular complexity index is 628. The van der Waals surface area contributed by atoms with Gasteiger partial charge in [-0.15, -0.1) is 0 Å². The maximum Gasteiger partial charge on any atom is 0.327 e. The lowest BCUT2D eigenvalue weighted by molar-refractivity contribution is -0.143. The lowest BCUT2D eigenvalue weighted by atomic mass is 10.1. The monoisotopic (exact) mass is 422 g/mol. The van der Waals surface area contributed by atoms with Gasteiger partial charge in [0.05, 0.1) is 13.0 Å². The molecule has 0 bridgehead atoms. The van der Waals surface area contributed by atoms with Crippen LogP contribution >= 0.6 is 12.6 Å². The first-order valence-corrected chi connectivity index (χ1v) is 8.52. The van der Waals surface area contributed by atoms with Crippen LogP contribution in [0.4, 0.5) is 0 Å². The number of hydrogen-bond donors (Lipinski definition) is 8. The third-order valence-electron chi connectivity index (χ3n) is 3.29. The van der Waals surface area contributed by atoms with Crippen LogP contribution in [-0.4, -0.2) is 81.4 Å². The van der Waals surface area contributed by atoms with E-state index in [4.69, 9.17) is 21.1 Å². The fourth-order valence-electron chi connectivity index (χ4n) is 1.90. The van der Waals surface area contributed by atoms with E-state index in [1.807, 2.05) is 5.32 Å². The van der Waals surface area contributed by atoms with Gasteiger partial charge in [0.2, 0.25) is 17.7 Å². The summed E-state index contributed by atoms with van der Waals surface area (Å²) >= 11 is 3.75. The first kappa shape index (κ1) is 25.1. The number of carboxylic acids is 3. The zero-order valence-corrected chi connectivity index (χ0v) is 15.5. The van der Waals surface area contributed by atoms with Crippen LogP contribution in [0, 0.1) is 0 Å². The average molecular weight is 422 g/mol. The van der Waals surface area contributed by atoms with Gasteiger partial charge in [-0.1, -0.05) is 0 Å². The first-order valence-electron chi connectivity index (χ1n) is 7.89. The summed E-state index contributed by atoms with van der Waals surface area (Å²) in [4.78, 5) is 68.5. The van der Waals surface area contributed by atoms with E-state index < -0.39 is 73.1 Å². The molecule has 0 aliphatic heterocycles. The predicted molar refractivity (Wildman–Crippen MR) is 95.5 cm³/mol. The van der Waals surface area contributed by atoms with Crippen LogP contribution in [0.5, 0.6) is 0 Å². The fraction of sp³-hybridized carbons (Fsp3) is 0.571. The molecule has 0 spiro atoms. The van der Waals surface area contributed by atoms with E-state index in [-0.39, 0.29) is 12.2 Å². The van der Waals surface area contributed by atoms with Gasteiger partial charge in [-0.05, 0) is 6.42 Å². The Morgan fingerprint density at radius 3 is 1.79 bits per heavy atom. The van der Waals surface area contributed by atoms with Crippen molar-refractivity contribution in [2.45, 2.75) is 37.4 Å². The molecule has 0 radical (unpaired) electrons.